The SMILES string of the molecule is Cc1ccc(CC2(N)CCN(c3ncnc4[nH]ccc34)CC2)cc1.Clc1ncnc2[nH]ccc12. The van der Waals surface area contributed by atoms with E-state index in [1.165, 1.54) is 17.5 Å². The number of halogens is 1. The van der Waals surface area contributed by atoms with Gasteiger partial charge in [0.05, 0.1) is 10.8 Å². The number of fused-ring (bicyclic) bond motifs is 2. The Bertz CT molecular complexity index is 1380. The van der Waals surface area contributed by atoms with Crippen LogP contribution >= 0.6 is 11.6 Å². The van der Waals surface area contributed by atoms with E-state index in [2.05, 4.69) is 66.0 Å². The molecule has 1 fully saturated rings. The smallest absolute Gasteiger partial charge is 0.142 e. The summed E-state index contributed by atoms with van der Waals surface area (Å²) in [6.45, 7) is 3.98. The molecule has 1 aromatic carbocycles. The summed E-state index contributed by atoms with van der Waals surface area (Å²) in [5.74, 6) is 1.01. The second-order valence-electron chi connectivity index (χ2n) is 8.85. The molecule has 4 aromatic heterocycles. The van der Waals surface area contributed by atoms with Gasteiger partial charge < -0.3 is 20.6 Å². The quantitative estimate of drug-likeness (QED) is 0.334. The third-order valence-electron chi connectivity index (χ3n) is 6.37. The molecule has 0 radical (unpaired) electrons. The van der Waals surface area contributed by atoms with Gasteiger partial charge in [0.1, 0.15) is 34.9 Å². The Labute approximate surface area is 202 Å². The number of rotatable bonds is 3. The molecule has 34 heavy (non-hydrogen) atoms. The van der Waals surface area contributed by atoms with Crippen LogP contribution in [0.1, 0.15) is 24.0 Å². The number of hydrogen-bond donors (Lipinski definition) is 3. The van der Waals surface area contributed by atoms with E-state index < -0.39 is 0 Å². The average Bonchev–Trinajstić information content (AvgIpc) is 3.52. The molecule has 5 aromatic rings. The summed E-state index contributed by atoms with van der Waals surface area (Å²) in [7, 11) is 0. The summed E-state index contributed by atoms with van der Waals surface area (Å²) < 4.78 is 0. The van der Waals surface area contributed by atoms with Crippen LogP contribution in [0.4, 0.5) is 5.82 Å². The van der Waals surface area contributed by atoms with E-state index in [-0.39, 0.29) is 5.54 Å². The monoisotopic (exact) mass is 474 g/mol. The number of nitrogens with one attached hydrogen (secondary N) is 2. The average molecular weight is 475 g/mol. The zero-order valence-corrected chi connectivity index (χ0v) is 19.8. The first-order valence-electron chi connectivity index (χ1n) is 11.3. The van der Waals surface area contributed by atoms with Gasteiger partial charge in [0, 0.05) is 31.0 Å². The predicted octanol–water partition coefficient (Wildman–Crippen LogP) is 4.42. The number of aryl methyl sites for hydroxylation is 1. The second-order valence-corrected chi connectivity index (χ2v) is 9.21. The molecule has 0 atom stereocenters. The maximum absolute atomic E-state index is 6.70. The number of aromatic amines is 2. The lowest BCUT2D eigenvalue weighted by atomic mass is 9.82. The van der Waals surface area contributed by atoms with Gasteiger partial charge in [-0.3, -0.25) is 0 Å². The largest absolute Gasteiger partial charge is 0.356 e. The van der Waals surface area contributed by atoms with Crippen LogP contribution in [0.2, 0.25) is 5.15 Å². The van der Waals surface area contributed by atoms with Crippen molar-refractivity contribution in [1.82, 2.24) is 29.9 Å². The van der Waals surface area contributed by atoms with Gasteiger partial charge in [0.2, 0.25) is 0 Å². The topological polar surface area (TPSA) is 112 Å². The number of piperidine rings is 1. The fourth-order valence-corrected chi connectivity index (χ4v) is 4.60. The number of hydrogen-bond acceptors (Lipinski definition) is 6. The number of nitrogens with two attached hydrogens (primary N) is 1. The van der Waals surface area contributed by atoms with Gasteiger partial charge in [-0.2, -0.15) is 0 Å². The van der Waals surface area contributed by atoms with Crippen molar-refractivity contribution in [1.29, 1.82) is 0 Å². The lowest BCUT2D eigenvalue weighted by Crippen LogP contribution is -2.52. The number of H-pyrrole nitrogens is 2. The summed E-state index contributed by atoms with van der Waals surface area (Å²) in [5.41, 5.74) is 10.9. The van der Waals surface area contributed by atoms with Crippen LogP contribution < -0.4 is 10.6 Å². The van der Waals surface area contributed by atoms with Crippen molar-refractivity contribution in [2.24, 2.45) is 5.73 Å². The van der Waals surface area contributed by atoms with Crippen LogP contribution in [0.15, 0.2) is 61.4 Å². The van der Waals surface area contributed by atoms with Gasteiger partial charge in [-0.15, -0.1) is 0 Å². The standard InChI is InChI=1S/C19H23N5.C6H4ClN3/c1-14-2-4-15(5-3-14)12-19(20)7-10-24(11-8-19)18-16-6-9-21-17(16)22-13-23-18;7-5-4-1-2-8-6(4)10-3-9-5/h2-6,9,13H,7-8,10-12,20H2,1H3,(H,21,22,23);1-3H,(H,8,9,10). The zero-order valence-electron chi connectivity index (χ0n) is 19.0. The van der Waals surface area contributed by atoms with Gasteiger partial charge >= 0.3 is 0 Å². The molecule has 6 rings (SSSR count). The highest BCUT2D eigenvalue weighted by atomic mass is 35.5. The summed E-state index contributed by atoms with van der Waals surface area (Å²) in [6.07, 6.45) is 9.63. The molecule has 0 unspecified atom stereocenters. The summed E-state index contributed by atoms with van der Waals surface area (Å²) >= 11 is 5.73. The molecule has 0 aliphatic carbocycles. The van der Waals surface area contributed by atoms with E-state index >= 15 is 0 Å². The molecule has 1 aliphatic heterocycles. The lowest BCUT2D eigenvalue weighted by Gasteiger charge is -2.40. The van der Waals surface area contributed by atoms with E-state index in [1.54, 1.807) is 12.5 Å². The Balaban J connectivity index is 0.000000200. The molecular formula is C25H27ClN8. The maximum atomic E-state index is 6.70. The fourth-order valence-electron chi connectivity index (χ4n) is 4.40. The highest BCUT2D eigenvalue weighted by Gasteiger charge is 2.31. The molecule has 0 amide bonds. The van der Waals surface area contributed by atoms with Gasteiger partial charge in [0.25, 0.3) is 0 Å². The fraction of sp³-hybridized carbons (Fsp3) is 0.280. The number of aromatic nitrogens is 6. The second kappa shape index (κ2) is 9.40. The molecule has 1 aliphatic rings. The molecule has 0 bridgehead atoms. The van der Waals surface area contributed by atoms with Crippen LogP contribution in [0.5, 0.6) is 0 Å². The molecule has 5 heterocycles. The lowest BCUT2D eigenvalue weighted by molar-refractivity contribution is 0.330. The summed E-state index contributed by atoms with van der Waals surface area (Å²) in [6, 6.07) is 12.6. The van der Waals surface area contributed by atoms with Crippen molar-refractivity contribution in [3.63, 3.8) is 0 Å². The first kappa shape index (κ1) is 22.3. The summed E-state index contributed by atoms with van der Waals surface area (Å²) in [5, 5.41) is 2.44. The molecule has 0 spiro atoms. The highest BCUT2D eigenvalue weighted by Crippen LogP contribution is 2.29. The van der Waals surface area contributed by atoms with Crippen molar-refractivity contribution in [2.75, 3.05) is 18.0 Å². The van der Waals surface area contributed by atoms with Crippen LogP contribution in [0, 0.1) is 6.92 Å². The first-order valence-corrected chi connectivity index (χ1v) is 11.7. The normalized spacial score (nSPS) is 15.3. The van der Waals surface area contributed by atoms with Crippen LogP contribution in [-0.2, 0) is 6.42 Å². The first-order chi connectivity index (χ1) is 16.5. The van der Waals surface area contributed by atoms with Crippen molar-refractivity contribution < 1.29 is 0 Å². The molecule has 0 saturated carbocycles. The predicted molar refractivity (Wildman–Crippen MR) is 136 cm³/mol. The van der Waals surface area contributed by atoms with Crippen molar-refractivity contribution in [3.8, 4) is 0 Å². The van der Waals surface area contributed by atoms with Gasteiger partial charge in [-0.1, -0.05) is 41.4 Å². The van der Waals surface area contributed by atoms with E-state index in [0.29, 0.717) is 5.15 Å². The molecule has 174 valence electrons. The van der Waals surface area contributed by atoms with Gasteiger partial charge in [-0.05, 0) is 43.9 Å². The Morgan fingerprint density at radius 3 is 2.18 bits per heavy atom. The Kier molecular flexibility index (Phi) is 6.17. The minimum atomic E-state index is -0.129. The van der Waals surface area contributed by atoms with Crippen molar-refractivity contribution in [2.45, 2.75) is 31.7 Å². The molecule has 9 heteroatoms. The van der Waals surface area contributed by atoms with E-state index in [4.69, 9.17) is 17.3 Å². The van der Waals surface area contributed by atoms with E-state index in [9.17, 15) is 0 Å². The molecule has 8 nitrogen and oxygen atoms in total. The third-order valence-corrected chi connectivity index (χ3v) is 6.68. The van der Waals surface area contributed by atoms with Crippen LogP contribution in [-0.4, -0.2) is 48.5 Å². The van der Waals surface area contributed by atoms with Crippen molar-refractivity contribution >= 4 is 39.5 Å². The Morgan fingerprint density at radius 1 is 0.882 bits per heavy atom. The Hall–Kier alpha value is -3.49. The maximum Gasteiger partial charge on any atom is 0.142 e. The molecule has 1 saturated heterocycles. The van der Waals surface area contributed by atoms with Gasteiger partial charge in [0.15, 0.2) is 0 Å². The highest BCUT2D eigenvalue weighted by molar-refractivity contribution is 6.33. The number of benzene rings is 1. The molecule has 4 N–H and O–H groups in total. The number of nitrogens with zero attached hydrogens (tertiary/aromatic N) is 5. The minimum Gasteiger partial charge on any atom is -0.356 e. The summed E-state index contributed by atoms with van der Waals surface area (Å²) in [4.78, 5) is 24.9. The van der Waals surface area contributed by atoms with E-state index in [0.717, 1.165) is 60.2 Å². The van der Waals surface area contributed by atoms with E-state index in [1.807, 2.05) is 18.3 Å². The van der Waals surface area contributed by atoms with Crippen LogP contribution in [0.25, 0.3) is 22.1 Å². The third kappa shape index (κ3) is 4.73. The Morgan fingerprint density at radius 2 is 1.50 bits per heavy atom. The zero-order chi connectivity index (χ0) is 23.5. The number of anilines is 1. The van der Waals surface area contributed by atoms with Crippen LogP contribution in [0.3, 0.4) is 0 Å². The minimum absolute atomic E-state index is 0.129. The van der Waals surface area contributed by atoms with Crippen molar-refractivity contribution in [3.05, 3.63) is 77.7 Å². The molecular weight excluding hydrogens is 448 g/mol. The van der Waals surface area contributed by atoms with Gasteiger partial charge in [-0.25, -0.2) is 19.9 Å².